The SMILES string of the molecule is CCOc1ccc2sc3cc(C#N)ccc3c(=O)c2c1. The van der Waals surface area contributed by atoms with E-state index in [1.807, 2.05) is 19.1 Å². The van der Waals surface area contributed by atoms with Gasteiger partial charge >= 0.3 is 0 Å². The largest absolute Gasteiger partial charge is 0.494 e. The first kappa shape index (κ1) is 12.6. The van der Waals surface area contributed by atoms with Crippen molar-refractivity contribution in [2.24, 2.45) is 0 Å². The van der Waals surface area contributed by atoms with Crippen LogP contribution in [0.1, 0.15) is 12.5 Å². The van der Waals surface area contributed by atoms with Gasteiger partial charge in [0.2, 0.25) is 0 Å². The highest BCUT2D eigenvalue weighted by Crippen LogP contribution is 2.27. The summed E-state index contributed by atoms with van der Waals surface area (Å²) in [7, 11) is 0. The molecular weight excluding hydrogens is 270 g/mol. The van der Waals surface area contributed by atoms with Crippen molar-refractivity contribution in [3.8, 4) is 11.8 Å². The van der Waals surface area contributed by atoms with Crippen LogP contribution in [0.4, 0.5) is 0 Å². The Kier molecular flexibility index (Phi) is 3.13. The molecule has 3 rings (SSSR count). The molecule has 4 heteroatoms. The molecule has 0 unspecified atom stereocenters. The van der Waals surface area contributed by atoms with Crippen molar-refractivity contribution in [1.82, 2.24) is 0 Å². The smallest absolute Gasteiger partial charge is 0.196 e. The van der Waals surface area contributed by atoms with Gasteiger partial charge in [0.05, 0.1) is 18.2 Å². The third kappa shape index (κ3) is 2.02. The Morgan fingerprint density at radius 2 is 2.00 bits per heavy atom. The van der Waals surface area contributed by atoms with E-state index >= 15 is 0 Å². The van der Waals surface area contributed by atoms with E-state index in [0.717, 1.165) is 9.40 Å². The number of nitrogens with zero attached hydrogens (tertiary/aromatic N) is 1. The summed E-state index contributed by atoms with van der Waals surface area (Å²) in [6.07, 6.45) is 0. The van der Waals surface area contributed by atoms with Gasteiger partial charge in [-0.15, -0.1) is 11.3 Å². The lowest BCUT2D eigenvalue weighted by atomic mass is 10.1. The normalized spacial score (nSPS) is 10.6. The molecular formula is C16H11NO2S. The van der Waals surface area contributed by atoms with E-state index in [4.69, 9.17) is 10.00 Å². The lowest BCUT2D eigenvalue weighted by molar-refractivity contribution is 0.341. The van der Waals surface area contributed by atoms with E-state index in [9.17, 15) is 4.79 Å². The van der Waals surface area contributed by atoms with E-state index < -0.39 is 0 Å². The monoisotopic (exact) mass is 281 g/mol. The number of hydrogen-bond acceptors (Lipinski definition) is 4. The van der Waals surface area contributed by atoms with Gasteiger partial charge in [0.15, 0.2) is 5.43 Å². The summed E-state index contributed by atoms with van der Waals surface area (Å²) >= 11 is 1.52. The average Bonchev–Trinajstić information content (AvgIpc) is 2.48. The topological polar surface area (TPSA) is 50.1 Å². The number of ether oxygens (including phenoxy) is 1. The van der Waals surface area contributed by atoms with Crippen molar-refractivity contribution in [2.45, 2.75) is 6.92 Å². The maximum Gasteiger partial charge on any atom is 0.196 e. The van der Waals surface area contributed by atoms with Crippen molar-refractivity contribution >= 4 is 31.5 Å². The Hall–Kier alpha value is -2.38. The van der Waals surface area contributed by atoms with Crippen LogP contribution in [0.3, 0.4) is 0 Å². The summed E-state index contributed by atoms with van der Waals surface area (Å²) in [6, 6.07) is 12.8. The van der Waals surface area contributed by atoms with Crippen LogP contribution in [0.5, 0.6) is 5.75 Å². The van der Waals surface area contributed by atoms with Gasteiger partial charge in [0.25, 0.3) is 0 Å². The molecule has 0 amide bonds. The third-order valence-electron chi connectivity index (χ3n) is 3.08. The van der Waals surface area contributed by atoms with Gasteiger partial charge in [-0.05, 0) is 43.3 Å². The highest BCUT2D eigenvalue weighted by molar-refractivity contribution is 7.24. The molecule has 2 aromatic carbocycles. The molecule has 1 heterocycles. The van der Waals surface area contributed by atoms with E-state index in [1.165, 1.54) is 11.3 Å². The molecule has 20 heavy (non-hydrogen) atoms. The van der Waals surface area contributed by atoms with E-state index in [1.54, 1.807) is 24.3 Å². The second-order valence-corrected chi connectivity index (χ2v) is 5.43. The fourth-order valence-electron chi connectivity index (χ4n) is 2.16. The summed E-state index contributed by atoms with van der Waals surface area (Å²) < 4.78 is 7.18. The molecule has 1 aromatic heterocycles. The molecule has 98 valence electrons. The van der Waals surface area contributed by atoms with E-state index in [0.29, 0.717) is 28.7 Å². The number of nitriles is 1. The molecule has 0 N–H and O–H groups in total. The summed E-state index contributed by atoms with van der Waals surface area (Å²) in [5.74, 6) is 0.706. The summed E-state index contributed by atoms with van der Waals surface area (Å²) in [5, 5.41) is 10.2. The molecule has 0 aliphatic carbocycles. The van der Waals surface area contributed by atoms with Crippen molar-refractivity contribution < 1.29 is 4.74 Å². The molecule has 0 spiro atoms. The molecule has 0 saturated heterocycles. The van der Waals surface area contributed by atoms with Crippen LogP contribution in [0, 0.1) is 11.3 Å². The predicted octanol–water partition coefficient (Wildman–Crippen LogP) is 3.69. The predicted molar refractivity (Wildman–Crippen MR) is 81.5 cm³/mol. The number of rotatable bonds is 2. The molecule has 0 aliphatic heterocycles. The Labute approximate surface area is 119 Å². The van der Waals surface area contributed by atoms with Gasteiger partial charge in [-0.3, -0.25) is 4.79 Å². The van der Waals surface area contributed by atoms with Gasteiger partial charge in [-0.1, -0.05) is 0 Å². The van der Waals surface area contributed by atoms with Crippen LogP contribution in [0.25, 0.3) is 20.2 Å². The Morgan fingerprint density at radius 3 is 2.75 bits per heavy atom. The van der Waals surface area contributed by atoms with Crippen molar-refractivity contribution in [3.05, 3.63) is 52.2 Å². The van der Waals surface area contributed by atoms with Crippen molar-refractivity contribution in [1.29, 1.82) is 5.26 Å². The minimum Gasteiger partial charge on any atom is -0.494 e. The molecule has 0 fully saturated rings. The number of benzene rings is 2. The van der Waals surface area contributed by atoms with Crippen molar-refractivity contribution in [3.63, 3.8) is 0 Å². The minimum absolute atomic E-state index is 0.0141. The second-order valence-electron chi connectivity index (χ2n) is 4.34. The molecule has 0 radical (unpaired) electrons. The summed E-state index contributed by atoms with van der Waals surface area (Å²) in [4.78, 5) is 12.5. The van der Waals surface area contributed by atoms with Gasteiger partial charge in [0, 0.05) is 20.2 Å². The molecule has 0 atom stereocenters. The highest BCUT2D eigenvalue weighted by Gasteiger charge is 2.08. The second kappa shape index (κ2) is 4.95. The molecule has 0 saturated carbocycles. The van der Waals surface area contributed by atoms with Crippen LogP contribution < -0.4 is 10.2 Å². The quantitative estimate of drug-likeness (QED) is 0.673. The first-order valence-corrected chi connectivity index (χ1v) is 7.08. The van der Waals surface area contributed by atoms with Gasteiger partial charge in [0.1, 0.15) is 5.75 Å². The van der Waals surface area contributed by atoms with Gasteiger partial charge < -0.3 is 4.74 Å². The van der Waals surface area contributed by atoms with Gasteiger partial charge in [-0.25, -0.2) is 0 Å². The third-order valence-corrected chi connectivity index (χ3v) is 4.22. The van der Waals surface area contributed by atoms with E-state index in [2.05, 4.69) is 6.07 Å². The average molecular weight is 281 g/mol. The van der Waals surface area contributed by atoms with E-state index in [-0.39, 0.29) is 5.43 Å². The summed E-state index contributed by atoms with van der Waals surface area (Å²) in [5.41, 5.74) is 0.554. The van der Waals surface area contributed by atoms with Crippen LogP contribution in [0.2, 0.25) is 0 Å². The van der Waals surface area contributed by atoms with Crippen LogP contribution in [-0.2, 0) is 0 Å². The maximum atomic E-state index is 12.5. The standard InChI is InChI=1S/C16H11NO2S/c1-2-19-11-4-6-14-13(8-11)16(18)12-5-3-10(9-17)7-15(12)20-14/h3-8H,2H2,1H3. The molecule has 3 nitrogen and oxygen atoms in total. The Balaban J connectivity index is 2.35. The zero-order chi connectivity index (χ0) is 14.1. The number of hydrogen-bond donors (Lipinski definition) is 0. The van der Waals surface area contributed by atoms with Crippen LogP contribution >= 0.6 is 11.3 Å². The van der Waals surface area contributed by atoms with Crippen LogP contribution in [-0.4, -0.2) is 6.61 Å². The molecule has 0 aliphatic rings. The summed E-state index contributed by atoms with van der Waals surface area (Å²) in [6.45, 7) is 2.48. The Bertz CT molecular complexity index is 906. The minimum atomic E-state index is -0.0141. The maximum absolute atomic E-state index is 12.5. The first-order valence-electron chi connectivity index (χ1n) is 6.26. The Morgan fingerprint density at radius 1 is 1.15 bits per heavy atom. The molecule has 3 aromatic rings. The molecule has 0 bridgehead atoms. The fraction of sp³-hybridized carbons (Fsp3) is 0.125. The first-order chi connectivity index (χ1) is 9.72. The lowest BCUT2D eigenvalue weighted by Gasteiger charge is -2.05. The van der Waals surface area contributed by atoms with Crippen molar-refractivity contribution in [2.75, 3.05) is 6.61 Å². The lowest BCUT2D eigenvalue weighted by Crippen LogP contribution is -2.02. The highest BCUT2D eigenvalue weighted by atomic mass is 32.1. The zero-order valence-electron chi connectivity index (χ0n) is 10.8. The fourth-order valence-corrected chi connectivity index (χ4v) is 3.25. The number of fused-ring (bicyclic) bond motifs is 2. The van der Waals surface area contributed by atoms with Crippen LogP contribution in [0.15, 0.2) is 41.2 Å². The van der Waals surface area contributed by atoms with Gasteiger partial charge in [-0.2, -0.15) is 5.26 Å². The zero-order valence-corrected chi connectivity index (χ0v) is 11.7.